The van der Waals surface area contributed by atoms with Gasteiger partial charge in [-0.25, -0.2) is 0 Å². The van der Waals surface area contributed by atoms with Gasteiger partial charge in [-0.05, 0) is 33.0 Å². The predicted octanol–water partition coefficient (Wildman–Crippen LogP) is -0.896. The normalized spacial score (nSPS) is 18.4. The SMILES string of the molecule is CN1CCC(NC(=O)C(N)=O)CC1.Cl. The zero-order valence-corrected chi connectivity index (χ0v) is 8.97. The summed E-state index contributed by atoms with van der Waals surface area (Å²) in [5.41, 5.74) is 4.82. The van der Waals surface area contributed by atoms with Crippen LogP contribution in [0.5, 0.6) is 0 Å². The Hall–Kier alpha value is -0.810. The average molecular weight is 222 g/mol. The van der Waals surface area contributed by atoms with Gasteiger partial charge in [-0.1, -0.05) is 0 Å². The molecule has 1 aliphatic heterocycles. The van der Waals surface area contributed by atoms with Crippen LogP contribution in [-0.4, -0.2) is 42.9 Å². The number of likely N-dealkylation sites (tertiary alicyclic amines) is 1. The zero-order chi connectivity index (χ0) is 9.84. The highest BCUT2D eigenvalue weighted by Gasteiger charge is 2.20. The van der Waals surface area contributed by atoms with Gasteiger partial charge in [-0.15, -0.1) is 12.4 Å². The number of carbonyl (C=O) groups excluding carboxylic acids is 2. The summed E-state index contributed by atoms with van der Waals surface area (Å²) in [7, 11) is 2.03. The first-order valence-corrected chi connectivity index (χ1v) is 4.38. The highest BCUT2D eigenvalue weighted by Crippen LogP contribution is 2.07. The maximum atomic E-state index is 10.9. The van der Waals surface area contributed by atoms with Crippen molar-refractivity contribution in [2.45, 2.75) is 18.9 Å². The quantitative estimate of drug-likeness (QED) is 0.564. The molecule has 1 rings (SSSR count). The second-order valence-corrected chi connectivity index (χ2v) is 3.42. The van der Waals surface area contributed by atoms with Crippen LogP contribution < -0.4 is 11.1 Å². The lowest BCUT2D eigenvalue weighted by atomic mass is 10.1. The lowest BCUT2D eigenvalue weighted by Gasteiger charge is -2.28. The maximum Gasteiger partial charge on any atom is 0.309 e. The van der Waals surface area contributed by atoms with E-state index in [0.29, 0.717) is 0 Å². The Morgan fingerprint density at radius 1 is 1.36 bits per heavy atom. The molecule has 82 valence electrons. The molecule has 1 heterocycles. The third-order valence-electron chi connectivity index (χ3n) is 2.28. The van der Waals surface area contributed by atoms with Crippen LogP contribution in [0.4, 0.5) is 0 Å². The Labute approximate surface area is 89.4 Å². The molecule has 0 saturated carbocycles. The number of nitrogens with zero attached hydrogens (tertiary/aromatic N) is 1. The molecule has 0 aromatic heterocycles. The molecule has 0 radical (unpaired) electrons. The van der Waals surface area contributed by atoms with Crippen molar-refractivity contribution in [3.05, 3.63) is 0 Å². The third-order valence-corrected chi connectivity index (χ3v) is 2.28. The Bertz CT molecular complexity index is 215. The maximum absolute atomic E-state index is 10.9. The first-order chi connectivity index (χ1) is 6.09. The van der Waals surface area contributed by atoms with E-state index in [4.69, 9.17) is 5.73 Å². The van der Waals surface area contributed by atoms with Crippen molar-refractivity contribution in [2.24, 2.45) is 5.73 Å². The molecule has 2 amide bonds. The number of hydrogen-bond donors (Lipinski definition) is 2. The van der Waals surface area contributed by atoms with Crippen LogP contribution in [0.15, 0.2) is 0 Å². The number of amides is 2. The summed E-state index contributed by atoms with van der Waals surface area (Å²) < 4.78 is 0. The molecule has 1 fully saturated rings. The summed E-state index contributed by atoms with van der Waals surface area (Å²) >= 11 is 0. The van der Waals surface area contributed by atoms with Gasteiger partial charge >= 0.3 is 11.8 Å². The minimum absolute atomic E-state index is 0. The molecule has 0 unspecified atom stereocenters. The van der Waals surface area contributed by atoms with Crippen LogP contribution in [-0.2, 0) is 9.59 Å². The lowest BCUT2D eigenvalue weighted by Crippen LogP contribution is -2.47. The van der Waals surface area contributed by atoms with Crippen LogP contribution in [0.25, 0.3) is 0 Å². The molecule has 0 atom stereocenters. The highest BCUT2D eigenvalue weighted by atomic mass is 35.5. The number of halogens is 1. The first-order valence-electron chi connectivity index (χ1n) is 4.38. The van der Waals surface area contributed by atoms with E-state index in [1.54, 1.807) is 0 Å². The van der Waals surface area contributed by atoms with Crippen molar-refractivity contribution in [3.8, 4) is 0 Å². The molecule has 0 aliphatic carbocycles. The molecule has 1 aliphatic rings. The van der Waals surface area contributed by atoms with Gasteiger partial charge in [0.25, 0.3) is 0 Å². The molecule has 0 aromatic carbocycles. The fourth-order valence-electron chi connectivity index (χ4n) is 1.41. The molecule has 1 saturated heterocycles. The summed E-state index contributed by atoms with van der Waals surface area (Å²) in [5.74, 6) is -1.58. The second-order valence-electron chi connectivity index (χ2n) is 3.42. The van der Waals surface area contributed by atoms with Crippen molar-refractivity contribution in [2.75, 3.05) is 20.1 Å². The number of primary amides is 1. The van der Waals surface area contributed by atoms with E-state index < -0.39 is 11.8 Å². The zero-order valence-electron chi connectivity index (χ0n) is 8.16. The largest absolute Gasteiger partial charge is 0.361 e. The van der Waals surface area contributed by atoms with Gasteiger partial charge < -0.3 is 16.0 Å². The van der Waals surface area contributed by atoms with Crippen molar-refractivity contribution >= 4 is 24.2 Å². The molecule has 0 aromatic rings. The lowest BCUT2D eigenvalue weighted by molar-refractivity contribution is -0.137. The van der Waals surface area contributed by atoms with Gasteiger partial charge in [-0.2, -0.15) is 0 Å². The van der Waals surface area contributed by atoms with Gasteiger partial charge in [0.2, 0.25) is 0 Å². The smallest absolute Gasteiger partial charge is 0.309 e. The Morgan fingerprint density at radius 2 is 1.86 bits per heavy atom. The van der Waals surface area contributed by atoms with E-state index in [0.717, 1.165) is 25.9 Å². The summed E-state index contributed by atoms with van der Waals surface area (Å²) in [6, 6.07) is 0.108. The number of nitrogens with one attached hydrogen (secondary N) is 1. The summed E-state index contributed by atoms with van der Waals surface area (Å²) in [6.45, 7) is 1.90. The molecule has 6 heteroatoms. The molecule has 0 bridgehead atoms. The van der Waals surface area contributed by atoms with Crippen LogP contribution in [0.2, 0.25) is 0 Å². The number of hydrogen-bond acceptors (Lipinski definition) is 3. The fraction of sp³-hybridized carbons (Fsp3) is 0.750. The Balaban J connectivity index is 0.00000169. The minimum atomic E-state index is -0.904. The van der Waals surface area contributed by atoms with E-state index in [2.05, 4.69) is 10.2 Å². The fourth-order valence-corrected chi connectivity index (χ4v) is 1.41. The van der Waals surface area contributed by atoms with Crippen molar-refractivity contribution in [3.63, 3.8) is 0 Å². The van der Waals surface area contributed by atoms with Crippen LogP contribution >= 0.6 is 12.4 Å². The van der Waals surface area contributed by atoms with Crippen molar-refractivity contribution in [1.29, 1.82) is 0 Å². The predicted molar refractivity (Wildman–Crippen MR) is 55.1 cm³/mol. The standard InChI is InChI=1S/C8H15N3O2.ClH/c1-11-4-2-6(3-5-11)10-8(13)7(9)12;/h6H,2-5H2,1H3,(H2,9,12)(H,10,13);1H. The number of carbonyl (C=O) groups is 2. The topological polar surface area (TPSA) is 75.4 Å². The van der Waals surface area contributed by atoms with Gasteiger partial charge in [-0.3, -0.25) is 9.59 Å². The molecule has 14 heavy (non-hydrogen) atoms. The summed E-state index contributed by atoms with van der Waals surface area (Å²) in [6.07, 6.45) is 1.77. The van der Waals surface area contributed by atoms with E-state index in [1.165, 1.54) is 0 Å². The van der Waals surface area contributed by atoms with E-state index >= 15 is 0 Å². The second kappa shape index (κ2) is 5.82. The summed E-state index contributed by atoms with van der Waals surface area (Å²) in [4.78, 5) is 23.5. The monoisotopic (exact) mass is 221 g/mol. The van der Waals surface area contributed by atoms with Gasteiger partial charge in [0.15, 0.2) is 0 Å². The van der Waals surface area contributed by atoms with Crippen LogP contribution in [0.1, 0.15) is 12.8 Å². The Morgan fingerprint density at radius 3 is 2.29 bits per heavy atom. The average Bonchev–Trinajstić information content (AvgIpc) is 2.08. The highest BCUT2D eigenvalue weighted by molar-refractivity contribution is 6.34. The molecular formula is C8H16ClN3O2. The van der Waals surface area contributed by atoms with Crippen molar-refractivity contribution in [1.82, 2.24) is 10.2 Å². The third kappa shape index (κ3) is 3.93. The van der Waals surface area contributed by atoms with E-state index in [-0.39, 0.29) is 18.4 Å². The van der Waals surface area contributed by atoms with Crippen LogP contribution in [0, 0.1) is 0 Å². The van der Waals surface area contributed by atoms with Crippen LogP contribution in [0.3, 0.4) is 0 Å². The Kier molecular flexibility index (Phi) is 5.49. The summed E-state index contributed by atoms with van der Waals surface area (Å²) in [5, 5.41) is 2.60. The first kappa shape index (κ1) is 13.2. The van der Waals surface area contributed by atoms with Gasteiger partial charge in [0.1, 0.15) is 0 Å². The number of rotatable bonds is 1. The number of piperidine rings is 1. The minimum Gasteiger partial charge on any atom is -0.361 e. The van der Waals surface area contributed by atoms with E-state index in [9.17, 15) is 9.59 Å². The molecule has 3 N–H and O–H groups in total. The molecular weight excluding hydrogens is 206 g/mol. The molecule has 5 nitrogen and oxygen atoms in total. The number of nitrogens with two attached hydrogens (primary N) is 1. The van der Waals surface area contributed by atoms with Gasteiger partial charge in [0, 0.05) is 6.04 Å². The van der Waals surface area contributed by atoms with Gasteiger partial charge in [0.05, 0.1) is 0 Å². The van der Waals surface area contributed by atoms with E-state index in [1.807, 2.05) is 7.05 Å². The van der Waals surface area contributed by atoms with Crippen molar-refractivity contribution < 1.29 is 9.59 Å². The molecule has 0 spiro atoms.